The summed E-state index contributed by atoms with van der Waals surface area (Å²) in [6.07, 6.45) is 7.21. The van der Waals surface area contributed by atoms with Gasteiger partial charge in [0.05, 0.1) is 11.7 Å². The van der Waals surface area contributed by atoms with Crippen molar-refractivity contribution in [3.8, 4) is 0 Å². The van der Waals surface area contributed by atoms with Crippen LogP contribution in [0.25, 0.3) is 0 Å². The van der Waals surface area contributed by atoms with Crippen LogP contribution in [0.3, 0.4) is 0 Å². The van der Waals surface area contributed by atoms with Gasteiger partial charge in [0.25, 0.3) is 0 Å². The number of aromatic nitrogens is 3. The van der Waals surface area contributed by atoms with E-state index in [9.17, 15) is 0 Å². The standard InChI is InChI=1S/C13H19N3S/c1-10(2)12-6-15-16(8-12)5-4-11(3)13-7-14-9-17-13/h6-11H,4-5H2,1-3H3. The highest BCUT2D eigenvalue weighted by molar-refractivity contribution is 7.09. The summed E-state index contributed by atoms with van der Waals surface area (Å²) in [6.45, 7) is 7.62. The van der Waals surface area contributed by atoms with E-state index in [-0.39, 0.29) is 0 Å². The van der Waals surface area contributed by atoms with E-state index in [1.54, 1.807) is 11.3 Å². The summed E-state index contributed by atoms with van der Waals surface area (Å²) in [7, 11) is 0. The molecule has 0 bridgehead atoms. The molecule has 2 aromatic rings. The molecule has 4 heteroatoms. The van der Waals surface area contributed by atoms with Gasteiger partial charge in [-0.05, 0) is 23.8 Å². The van der Waals surface area contributed by atoms with Crippen molar-refractivity contribution in [1.29, 1.82) is 0 Å². The monoisotopic (exact) mass is 249 g/mol. The normalized spacial score (nSPS) is 13.2. The molecule has 0 aliphatic carbocycles. The topological polar surface area (TPSA) is 30.7 Å². The fourth-order valence-corrected chi connectivity index (χ4v) is 2.45. The van der Waals surface area contributed by atoms with Crippen LogP contribution in [0.5, 0.6) is 0 Å². The molecule has 0 aliphatic rings. The summed E-state index contributed by atoms with van der Waals surface area (Å²) in [5, 5.41) is 4.40. The molecule has 2 heterocycles. The third kappa shape index (κ3) is 3.16. The van der Waals surface area contributed by atoms with Gasteiger partial charge < -0.3 is 0 Å². The van der Waals surface area contributed by atoms with Gasteiger partial charge >= 0.3 is 0 Å². The van der Waals surface area contributed by atoms with Gasteiger partial charge in [0, 0.05) is 23.8 Å². The lowest BCUT2D eigenvalue weighted by molar-refractivity contribution is 0.536. The zero-order chi connectivity index (χ0) is 12.3. The Kier molecular flexibility index (Phi) is 3.94. The van der Waals surface area contributed by atoms with Crippen molar-refractivity contribution in [2.24, 2.45) is 0 Å². The van der Waals surface area contributed by atoms with E-state index in [1.807, 2.05) is 22.6 Å². The molecule has 2 rings (SSSR count). The van der Waals surface area contributed by atoms with Crippen LogP contribution in [0.4, 0.5) is 0 Å². The van der Waals surface area contributed by atoms with Gasteiger partial charge in [0.1, 0.15) is 0 Å². The van der Waals surface area contributed by atoms with Crippen molar-refractivity contribution in [2.45, 2.75) is 45.6 Å². The number of hydrogen-bond acceptors (Lipinski definition) is 3. The van der Waals surface area contributed by atoms with Crippen molar-refractivity contribution in [1.82, 2.24) is 14.8 Å². The first kappa shape index (κ1) is 12.3. The minimum absolute atomic E-state index is 0.558. The van der Waals surface area contributed by atoms with Crippen molar-refractivity contribution < 1.29 is 0 Å². The van der Waals surface area contributed by atoms with Gasteiger partial charge in [-0.3, -0.25) is 9.67 Å². The maximum atomic E-state index is 4.40. The van der Waals surface area contributed by atoms with Crippen molar-refractivity contribution in [2.75, 3.05) is 0 Å². The molecule has 0 saturated heterocycles. The average molecular weight is 249 g/mol. The molecule has 0 fully saturated rings. The summed E-state index contributed by atoms with van der Waals surface area (Å²) < 4.78 is 2.05. The highest BCUT2D eigenvalue weighted by Crippen LogP contribution is 2.23. The molecule has 0 amide bonds. The smallest absolute Gasteiger partial charge is 0.0794 e. The zero-order valence-electron chi connectivity index (χ0n) is 10.6. The second kappa shape index (κ2) is 5.45. The molecule has 1 unspecified atom stereocenters. The van der Waals surface area contributed by atoms with Gasteiger partial charge in [-0.15, -0.1) is 11.3 Å². The Morgan fingerprint density at radius 1 is 1.29 bits per heavy atom. The molecule has 1 atom stereocenters. The summed E-state index contributed by atoms with van der Waals surface area (Å²) in [5.74, 6) is 1.12. The Morgan fingerprint density at radius 2 is 2.12 bits per heavy atom. The third-order valence-corrected chi connectivity index (χ3v) is 4.06. The van der Waals surface area contributed by atoms with Crippen LogP contribution < -0.4 is 0 Å². The molecule has 17 heavy (non-hydrogen) atoms. The largest absolute Gasteiger partial charge is 0.272 e. The highest BCUT2D eigenvalue weighted by Gasteiger charge is 2.08. The lowest BCUT2D eigenvalue weighted by Gasteiger charge is -2.08. The number of aryl methyl sites for hydroxylation is 1. The molecule has 0 saturated carbocycles. The Balaban J connectivity index is 1.89. The van der Waals surface area contributed by atoms with Crippen LogP contribution in [0.1, 0.15) is 49.5 Å². The molecular formula is C13H19N3S. The van der Waals surface area contributed by atoms with Gasteiger partial charge in [-0.1, -0.05) is 20.8 Å². The van der Waals surface area contributed by atoms with Gasteiger partial charge in [0.2, 0.25) is 0 Å². The Morgan fingerprint density at radius 3 is 2.71 bits per heavy atom. The fourth-order valence-electron chi connectivity index (χ4n) is 1.74. The van der Waals surface area contributed by atoms with Crippen molar-refractivity contribution >= 4 is 11.3 Å². The van der Waals surface area contributed by atoms with E-state index in [0.717, 1.165) is 13.0 Å². The number of rotatable bonds is 5. The predicted molar refractivity (Wildman–Crippen MR) is 71.5 cm³/mol. The average Bonchev–Trinajstić information content (AvgIpc) is 2.97. The van der Waals surface area contributed by atoms with E-state index >= 15 is 0 Å². The van der Waals surface area contributed by atoms with E-state index < -0.39 is 0 Å². The van der Waals surface area contributed by atoms with E-state index in [2.05, 4.69) is 37.1 Å². The van der Waals surface area contributed by atoms with Crippen LogP contribution in [-0.4, -0.2) is 14.8 Å². The minimum atomic E-state index is 0.558. The minimum Gasteiger partial charge on any atom is -0.272 e. The van der Waals surface area contributed by atoms with E-state index in [1.165, 1.54) is 10.4 Å². The molecule has 0 aliphatic heterocycles. The molecule has 0 N–H and O–H groups in total. The second-order valence-corrected chi connectivity index (χ2v) is 5.70. The summed E-state index contributed by atoms with van der Waals surface area (Å²) in [5.41, 5.74) is 3.21. The Labute approximate surface area is 107 Å². The van der Waals surface area contributed by atoms with Gasteiger partial charge in [-0.2, -0.15) is 5.10 Å². The van der Waals surface area contributed by atoms with Gasteiger partial charge in [-0.25, -0.2) is 0 Å². The SMILES string of the molecule is CC(C)c1cnn(CCC(C)c2cncs2)c1. The van der Waals surface area contributed by atoms with Crippen LogP contribution in [0, 0.1) is 0 Å². The first-order chi connectivity index (χ1) is 8.16. The lowest BCUT2D eigenvalue weighted by Crippen LogP contribution is -2.02. The highest BCUT2D eigenvalue weighted by atomic mass is 32.1. The number of thiazole rings is 1. The molecular weight excluding hydrogens is 230 g/mol. The Hall–Kier alpha value is -1.16. The molecule has 92 valence electrons. The summed E-state index contributed by atoms with van der Waals surface area (Å²) >= 11 is 1.74. The number of nitrogens with zero attached hydrogens (tertiary/aromatic N) is 3. The Bertz CT molecular complexity index is 445. The summed E-state index contributed by atoms with van der Waals surface area (Å²) in [6, 6.07) is 0. The van der Waals surface area contributed by atoms with Crippen molar-refractivity contribution in [3.63, 3.8) is 0 Å². The first-order valence-corrected chi connectivity index (χ1v) is 6.95. The van der Waals surface area contributed by atoms with Crippen LogP contribution >= 0.6 is 11.3 Å². The quantitative estimate of drug-likeness (QED) is 0.809. The van der Waals surface area contributed by atoms with E-state index in [0.29, 0.717) is 11.8 Å². The maximum absolute atomic E-state index is 4.40. The lowest BCUT2D eigenvalue weighted by atomic mass is 10.1. The predicted octanol–water partition coefficient (Wildman–Crippen LogP) is 3.66. The molecule has 2 aromatic heterocycles. The maximum Gasteiger partial charge on any atom is 0.0794 e. The number of hydrogen-bond donors (Lipinski definition) is 0. The molecule has 0 aromatic carbocycles. The summed E-state index contributed by atoms with van der Waals surface area (Å²) in [4.78, 5) is 5.48. The first-order valence-electron chi connectivity index (χ1n) is 6.07. The van der Waals surface area contributed by atoms with Gasteiger partial charge in [0.15, 0.2) is 0 Å². The zero-order valence-corrected chi connectivity index (χ0v) is 11.4. The van der Waals surface area contributed by atoms with Crippen LogP contribution in [0.2, 0.25) is 0 Å². The fraction of sp³-hybridized carbons (Fsp3) is 0.538. The third-order valence-electron chi connectivity index (χ3n) is 3.05. The van der Waals surface area contributed by atoms with E-state index in [4.69, 9.17) is 0 Å². The molecule has 0 spiro atoms. The van der Waals surface area contributed by atoms with Crippen LogP contribution in [0.15, 0.2) is 24.1 Å². The molecule has 3 nitrogen and oxygen atoms in total. The van der Waals surface area contributed by atoms with Crippen LogP contribution in [-0.2, 0) is 6.54 Å². The molecule has 0 radical (unpaired) electrons. The van der Waals surface area contributed by atoms with Crippen molar-refractivity contribution in [3.05, 3.63) is 34.5 Å². The second-order valence-electron chi connectivity index (χ2n) is 4.78.